The molecule has 0 aliphatic rings. The van der Waals surface area contributed by atoms with Gasteiger partial charge in [0.25, 0.3) is 11.8 Å². The number of nitrogens with one attached hydrogen (secondary N) is 2. The van der Waals surface area contributed by atoms with Crippen molar-refractivity contribution < 1.29 is 28.5 Å². The first-order chi connectivity index (χ1) is 18.3. The molecule has 9 nitrogen and oxygen atoms in total. The summed E-state index contributed by atoms with van der Waals surface area (Å²) >= 11 is 3.48. The summed E-state index contributed by atoms with van der Waals surface area (Å²) in [7, 11) is 1.53. The lowest BCUT2D eigenvalue weighted by atomic mass is 10.2. The molecule has 0 unspecified atom stereocenters. The lowest BCUT2D eigenvalue weighted by molar-refractivity contribution is -0.118. The molecular formula is C28H30BrN3O6. The quantitative estimate of drug-likeness (QED) is 0.220. The summed E-state index contributed by atoms with van der Waals surface area (Å²) in [4.78, 5) is 24.9. The van der Waals surface area contributed by atoms with Crippen LogP contribution in [-0.2, 0) is 4.79 Å². The van der Waals surface area contributed by atoms with Crippen molar-refractivity contribution in [2.75, 3.05) is 32.2 Å². The fourth-order valence-electron chi connectivity index (χ4n) is 3.35. The second-order valence-electron chi connectivity index (χ2n) is 7.96. The Bertz CT molecular complexity index is 1290. The number of rotatable bonds is 12. The number of hydrogen-bond acceptors (Lipinski definition) is 7. The largest absolute Gasteiger partial charge is 0.493 e. The third kappa shape index (κ3) is 7.97. The number of aryl methyl sites for hydroxylation is 1. The van der Waals surface area contributed by atoms with Crippen molar-refractivity contribution in [1.82, 2.24) is 5.43 Å². The highest BCUT2D eigenvalue weighted by atomic mass is 79.9. The van der Waals surface area contributed by atoms with Crippen LogP contribution in [0.1, 0.15) is 35.3 Å². The Balaban J connectivity index is 1.66. The number of benzene rings is 3. The Morgan fingerprint density at radius 1 is 0.921 bits per heavy atom. The molecule has 0 aromatic heterocycles. The van der Waals surface area contributed by atoms with Crippen molar-refractivity contribution in [1.29, 1.82) is 0 Å². The van der Waals surface area contributed by atoms with E-state index in [1.165, 1.54) is 13.3 Å². The predicted molar refractivity (Wildman–Crippen MR) is 150 cm³/mol. The first kappa shape index (κ1) is 28.5. The van der Waals surface area contributed by atoms with Gasteiger partial charge >= 0.3 is 0 Å². The number of hydrogen-bond donors (Lipinski definition) is 2. The molecule has 0 atom stereocenters. The molecule has 0 radical (unpaired) electrons. The van der Waals surface area contributed by atoms with Gasteiger partial charge in [0.05, 0.1) is 31.0 Å². The number of amides is 2. The lowest BCUT2D eigenvalue weighted by Crippen LogP contribution is -2.20. The van der Waals surface area contributed by atoms with E-state index in [0.717, 1.165) is 5.56 Å². The molecule has 3 aromatic rings. The molecule has 3 rings (SSSR count). The standard InChI is InChI=1S/C28H30BrN3O6/c1-5-36-24-15-20(9-12-23(24)35-4)28(34)32-30-16-19-13-22(29)27(25(14-19)37-6-2)38-17-26(33)31-21-10-7-18(3)8-11-21/h7-16H,5-6,17H2,1-4H3,(H,31,33)(H,32,34)/b30-16+. The fourth-order valence-corrected chi connectivity index (χ4v) is 3.93. The van der Waals surface area contributed by atoms with Crippen LogP contribution >= 0.6 is 15.9 Å². The van der Waals surface area contributed by atoms with Crippen LogP contribution in [0.3, 0.4) is 0 Å². The van der Waals surface area contributed by atoms with Gasteiger partial charge in [-0.15, -0.1) is 0 Å². The summed E-state index contributed by atoms with van der Waals surface area (Å²) < 4.78 is 22.8. The third-order valence-corrected chi connectivity index (χ3v) is 5.71. The summed E-state index contributed by atoms with van der Waals surface area (Å²) in [6.45, 7) is 6.28. The molecule has 0 fully saturated rings. The highest BCUT2D eigenvalue weighted by molar-refractivity contribution is 9.10. The summed E-state index contributed by atoms with van der Waals surface area (Å²) in [5.41, 5.74) is 5.30. The minimum absolute atomic E-state index is 0.207. The van der Waals surface area contributed by atoms with Crippen LogP contribution in [0.25, 0.3) is 0 Å². The SMILES string of the molecule is CCOc1cc(C(=O)N/N=C/c2cc(Br)c(OCC(=O)Nc3ccc(C)cc3)c(OCC)c2)ccc1OC. The molecule has 2 N–H and O–H groups in total. The van der Waals surface area contributed by atoms with E-state index in [0.29, 0.717) is 57.5 Å². The van der Waals surface area contributed by atoms with Crippen LogP contribution in [0.2, 0.25) is 0 Å². The smallest absolute Gasteiger partial charge is 0.271 e. The van der Waals surface area contributed by atoms with Crippen LogP contribution in [0.4, 0.5) is 5.69 Å². The van der Waals surface area contributed by atoms with Gasteiger partial charge in [-0.05, 0) is 84.7 Å². The Hall–Kier alpha value is -4.05. The monoisotopic (exact) mass is 583 g/mol. The van der Waals surface area contributed by atoms with Gasteiger partial charge in [-0.25, -0.2) is 5.43 Å². The molecule has 0 saturated carbocycles. The van der Waals surface area contributed by atoms with Crippen molar-refractivity contribution >= 4 is 39.6 Å². The lowest BCUT2D eigenvalue weighted by Gasteiger charge is -2.14. The maximum Gasteiger partial charge on any atom is 0.271 e. The van der Waals surface area contributed by atoms with Gasteiger partial charge in [0.2, 0.25) is 0 Å². The summed E-state index contributed by atoms with van der Waals surface area (Å²) in [6, 6.07) is 15.8. The van der Waals surface area contributed by atoms with Gasteiger partial charge in [0, 0.05) is 11.3 Å². The Morgan fingerprint density at radius 2 is 1.63 bits per heavy atom. The van der Waals surface area contributed by atoms with Crippen LogP contribution in [0.15, 0.2) is 64.2 Å². The van der Waals surface area contributed by atoms with E-state index < -0.39 is 5.91 Å². The summed E-state index contributed by atoms with van der Waals surface area (Å²) in [5.74, 6) is 1.11. The van der Waals surface area contributed by atoms with E-state index in [4.69, 9.17) is 18.9 Å². The Labute approximate surface area is 230 Å². The van der Waals surface area contributed by atoms with E-state index in [1.54, 1.807) is 30.3 Å². The summed E-state index contributed by atoms with van der Waals surface area (Å²) in [5, 5.41) is 6.85. The molecule has 3 aromatic carbocycles. The number of methoxy groups -OCH3 is 1. The number of halogens is 1. The zero-order valence-electron chi connectivity index (χ0n) is 21.7. The number of hydrazone groups is 1. The van der Waals surface area contributed by atoms with Gasteiger partial charge < -0.3 is 24.3 Å². The zero-order valence-corrected chi connectivity index (χ0v) is 23.3. The number of ether oxygens (including phenoxy) is 4. The van der Waals surface area contributed by atoms with Gasteiger partial charge in [-0.2, -0.15) is 5.10 Å². The molecule has 0 heterocycles. The second kappa shape index (κ2) is 14.0. The predicted octanol–water partition coefficient (Wildman–Crippen LogP) is 5.34. The first-order valence-corrected chi connectivity index (χ1v) is 12.7. The molecule has 38 heavy (non-hydrogen) atoms. The molecule has 0 aliphatic heterocycles. The van der Waals surface area contributed by atoms with Crippen molar-refractivity contribution in [2.24, 2.45) is 5.10 Å². The minimum atomic E-state index is -0.409. The van der Waals surface area contributed by atoms with Gasteiger partial charge in [0.15, 0.2) is 29.6 Å². The molecule has 200 valence electrons. The average Bonchev–Trinajstić information content (AvgIpc) is 2.90. The fraction of sp³-hybridized carbons (Fsp3) is 0.250. The average molecular weight is 584 g/mol. The number of anilines is 1. The van der Waals surface area contributed by atoms with Gasteiger partial charge in [-0.1, -0.05) is 17.7 Å². The topological polar surface area (TPSA) is 107 Å². The van der Waals surface area contributed by atoms with Crippen LogP contribution < -0.4 is 29.7 Å². The van der Waals surface area contributed by atoms with Crippen LogP contribution in [0, 0.1) is 6.92 Å². The first-order valence-electron chi connectivity index (χ1n) is 11.9. The highest BCUT2D eigenvalue weighted by Gasteiger charge is 2.15. The summed E-state index contributed by atoms with van der Waals surface area (Å²) in [6.07, 6.45) is 1.48. The number of carbonyl (C=O) groups excluding carboxylic acids is 2. The maximum absolute atomic E-state index is 12.6. The van der Waals surface area contributed by atoms with Crippen molar-refractivity contribution in [3.8, 4) is 23.0 Å². The highest BCUT2D eigenvalue weighted by Crippen LogP contribution is 2.36. The van der Waals surface area contributed by atoms with Crippen molar-refractivity contribution in [2.45, 2.75) is 20.8 Å². The molecular weight excluding hydrogens is 554 g/mol. The van der Waals surface area contributed by atoms with E-state index in [1.807, 2.05) is 45.0 Å². The maximum atomic E-state index is 12.6. The molecule has 10 heteroatoms. The number of carbonyl (C=O) groups is 2. The number of nitrogens with zero attached hydrogens (tertiary/aromatic N) is 1. The third-order valence-electron chi connectivity index (χ3n) is 5.12. The molecule has 0 saturated heterocycles. The van der Waals surface area contributed by atoms with E-state index >= 15 is 0 Å². The van der Waals surface area contributed by atoms with Gasteiger partial charge in [0.1, 0.15) is 0 Å². The molecule has 0 bridgehead atoms. The van der Waals surface area contributed by atoms with E-state index in [2.05, 4.69) is 31.8 Å². The Kier molecular flexibility index (Phi) is 10.5. The molecule has 0 aliphatic carbocycles. The van der Waals surface area contributed by atoms with Crippen LogP contribution in [0.5, 0.6) is 23.0 Å². The minimum Gasteiger partial charge on any atom is -0.493 e. The zero-order chi connectivity index (χ0) is 27.5. The normalized spacial score (nSPS) is 10.7. The Morgan fingerprint density at radius 3 is 2.32 bits per heavy atom. The molecule has 0 spiro atoms. The molecule has 2 amide bonds. The van der Waals surface area contributed by atoms with E-state index in [-0.39, 0.29) is 12.5 Å². The van der Waals surface area contributed by atoms with Crippen molar-refractivity contribution in [3.05, 3.63) is 75.8 Å². The van der Waals surface area contributed by atoms with Gasteiger partial charge in [-0.3, -0.25) is 9.59 Å². The van der Waals surface area contributed by atoms with E-state index in [9.17, 15) is 9.59 Å². The second-order valence-corrected chi connectivity index (χ2v) is 8.82. The van der Waals surface area contributed by atoms with Crippen LogP contribution in [-0.4, -0.2) is 45.0 Å². The van der Waals surface area contributed by atoms with Crippen molar-refractivity contribution in [3.63, 3.8) is 0 Å².